The van der Waals surface area contributed by atoms with Gasteiger partial charge >= 0.3 is 5.97 Å². The molecule has 0 radical (unpaired) electrons. The van der Waals surface area contributed by atoms with Crippen LogP contribution in [0.25, 0.3) is 0 Å². The number of ether oxygens (including phenoxy) is 1. The van der Waals surface area contributed by atoms with Gasteiger partial charge in [0.15, 0.2) is 0 Å². The molecule has 0 atom stereocenters. The van der Waals surface area contributed by atoms with E-state index in [4.69, 9.17) is 4.74 Å². The van der Waals surface area contributed by atoms with Gasteiger partial charge in [-0.25, -0.2) is 4.79 Å². The normalized spacial score (nSPS) is 10.1. The number of nitrogens with zero attached hydrogens (tertiary/aromatic N) is 1. The Morgan fingerprint density at radius 1 is 0.929 bits per heavy atom. The fourth-order valence-corrected chi connectivity index (χ4v) is 2.23. The molecule has 142 valence electrons. The van der Waals surface area contributed by atoms with Gasteiger partial charge in [0, 0.05) is 17.8 Å². The number of benzene rings is 3. The molecule has 3 aromatic carbocycles. The van der Waals surface area contributed by atoms with Crippen LogP contribution in [0.3, 0.4) is 0 Å². The molecule has 28 heavy (non-hydrogen) atoms. The van der Waals surface area contributed by atoms with E-state index in [9.17, 15) is 14.7 Å². The Morgan fingerprint density at radius 3 is 2.18 bits per heavy atom. The van der Waals surface area contributed by atoms with E-state index in [0.717, 1.165) is 11.8 Å². The Kier molecular flexibility index (Phi) is 7.66. The fourth-order valence-electron chi connectivity index (χ4n) is 2.23. The molecule has 5 nitrogen and oxygen atoms in total. The van der Waals surface area contributed by atoms with Crippen LogP contribution in [0.5, 0.6) is 11.5 Å². The first kappa shape index (κ1) is 20.6. The number of carbonyl (C=O) groups is 2. The van der Waals surface area contributed by atoms with E-state index in [1.807, 2.05) is 19.9 Å². The molecule has 0 saturated heterocycles. The summed E-state index contributed by atoms with van der Waals surface area (Å²) in [6.07, 6.45) is 2.37. The first-order valence-electron chi connectivity index (χ1n) is 8.85. The number of esters is 1. The molecule has 0 saturated carbocycles. The smallest absolute Gasteiger partial charge is 0.347 e. The number of aldehydes is 1. The van der Waals surface area contributed by atoms with Crippen molar-refractivity contribution in [2.75, 3.05) is 0 Å². The van der Waals surface area contributed by atoms with E-state index in [2.05, 4.69) is 4.99 Å². The highest BCUT2D eigenvalue weighted by Crippen LogP contribution is 2.25. The SMILES string of the molecule is CC.O=Cc1ccc(C=Nc2ccc(C(=O)Oc3ccccc3)c(O)c2)cc1. The zero-order chi connectivity index (χ0) is 20.4. The molecule has 0 spiro atoms. The van der Waals surface area contributed by atoms with Gasteiger partial charge < -0.3 is 9.84 Å². The minimum absolute atomic E-state index is 0.0585. The van der Waals surface area contributed by atoms with Gasteiger partial charge in [-0.3, -0.25) is 9.79 Å². The standard InChI is InChI=1S/C21H15NO4.C2H6/c23-14-16-8-6-15(7-9-16)13-22-17-10-11-19(20(24)12-17)21(25)26-18-4-2-1-3-5-18;1-2/h1-14,24H;1-2H3. The summed E-state index contributed by atoms with van der Waals surface area (Å²) in [5.41, 5.74) is 1.94. The lowest BCUT2D eigenvalue weighted by Crippen LogP contribution is -2.08. The van der Waals surface area contributed by atoms with Crippen LogP contribution in [-0.4, -0.2) is 23.6 Å². The van der Waals surface area contributed by atoms with Crippen LogP contribution < -0.4 is 4.74 Å². The molecule has 3 aromatic rings. The number of hydrogen-bond acceptors (Lipinski definition) is 5. The van der Waals surface area contributed by atoms with E-state index in [0.29, 0.717) is 17.0 Å². The minimum atomic E-state index is -0.645. The zero-order valence-corrected chi connectivity index (χ0v) is 15.7. The van der Waals surface area contributed by atoms with Crippen LogP contribution in [0, 0.1) is 0 Å². The lowest BCUT2D eigenvalue weighted by molar-refractivity contribution is 0.0731. The molecular formula is C23H21NO4. The highest BCUT2D eigenvalue weighted by atomic mass is 16.5. The number of hydrogen-bond donors (Lipinski definition) is 1. The van der Waals surface area contributed by atoms with Crippen molar-refractivity contribution in [3.8, 4) is 11.5 Å². The number of carbonyl (C=O) groups excluding carboxylic acids is 2. The van der Waals surface area contributed by atoms with Crippen molar-refractivity contribution in [1.29, 1.82) is 0 Å². The van der Waals surface area contributed by atoms with Gasteiger partial charge in [0.25, 0.3) is 0 Å². The number of phenolic OH excluding ortho intramolecular Hbond substituents is 1. The van der Waals surface area contributed by atoms with Crippen molar-refractivity contribution < 1.29 is 19.4 Å². The molecule has 1 N–H and O–H groups in total. The Labute approximate surface area is 164 Å². The van der Waals surface area contributed by atoms with Crippen LogP contribution in [0.2, 0.25) is 0 Å². The predicted octanol–water partition coefficient (Wildman–Crippen LogP) is 5.20. The largest absolute Gasteiger partial charge is 0.507 e. The molecule has 0 heterocycles. The summed E-state index contributed by atoms with van der Waals surface area (Å²) in [5, 5.41) is 10.1. The maximum atomic E-state index is 12.1. The molecule has 0 aliphatic heterocycles. The van der Waals surface area contributed by atoms with E-state index in [1.165, 1.54) is 12.1 Å². The molecule has 0 aliphatic rings. The predicted molar refractivity (Wildman–Crippen MR) is 110 cm³/mol. The fraction of sp³-hybridized carbons (Fsp3) is 0.0870. The van der Waals surface area contributed by atoms with Crippen molar-refractivity contribution in [2.45, 2.75) is 13.8 Å². The Morgan fingerprint density at radius 2 is 1.57 bits per heavy atom. The summed E-state index contributed by atoms with van der Waals surface area (Å²) < 4.78 is 5.21. The van der Waals surface area contributed by atoms with Crippen LogP contribution in [0.15, 0.2) is 77.8 Å². The van der Waals surface area contributed by atoms with Gasteiger partial charge in [0.2, 0.25) is 0 Å². The quantitative estimate of drug-likeness (QED) is 0.288. The van der Waals surface area contributed by atoms with Gasteiger partial charge in [-0.15, -0.1) is 0 Å². The Balaban J connectivity index is 0.00000136. The third kappa shape index (κ3) is 5.64. The second-order valence-corrected chi connectivity index (χ2v) is 5.45. The average Bonchev–Trinajstić information content (AvgIpc) is 2.74. The highest BCUT2D eigenvalue weighted by Gasteiger charge is 2.13. The molecule has 0 amide bonds. The number of aromatic hydroxyl groups is 1. The molecule has 0 unspecified atom stereocenters. The van der Waals surface area contributed by atoms with Gasteiger partial charge in [-0.2, -0.15) is 0 Å². The van der Waals surface area contributed by atoms with Crippen molar-refractivity contribution in [1.82, 2.24) is 0 Å². The third-order valence-corrected chi connectivity index (χ3v) is 3.59. The molecule has 0 bridgehead atoms. The minimum Gasteiger partial charge on any atom is -0.507 e. The maximum absolute atomic E-state index is 12.1. The molecule has 5 heteroatoms. The zero-order valence-electron chi connectivity index (χ0n) is 15.7. The first-order chi connectivity index (χ1) is 13.7. The van der Waals surface area contributed by atoms with Crippen LogP contribution in [0.4, 0.5) is 5.69 Å². The van der Waals surface area contributed by atoms with Crippen LogP contribution >= 0.6 is 0 Å². The lowest BCUT2D eigenvalue weighted by Gasteiger charge is -2.06. The second kappa shape index (κ2) is 10.4. The summed E-state index contributed by atoms with van der Waals surface area (Å²) in [5.74, 6) is -0.455. The molecular weight excluding hydrogens is 354 g/mol. The van der Waals surface area contributed by atoms with Gasteiger partial charge in [-0.05, 0) is 29.8 Å². The number of rotatable bonds is 5. The first-order valence-corrected chi connectivity index (χ1v) is 8.85. The summed E-state index contributed by atoms with van der Waals surface area (Å²) in [7, 11) is 0. The molecule has 0 fully saturated rings. The summed E-state index contributed by atoms with van der Waals surface area (Å²) in [4.78, 5) is 27.0. The summed E-state index contributed by atoms with van der Waals surface area (Å²) in [6.45, 7) is 4.00. The number of para-hydroxylation sites is 1. The van der Waals surface area contributed by atoms with Crippen molar-refractivity contribution in [3.05, 3.63) is 89.5 Å². The third-order valence-electron chi connectivity index (χ3n) is 3.59. The average molecular weight is 375 g/mol. The maximum Gasteiger partial charge on any atom is 0.347 e. The lowest BCUT2D eigenvalue weighted by atomic mass is 10.1. The summed E-state index contributed by atoms with van der Waals surface area (Å²) >= 11 is 0. The van der Waals surface area contributed by atoms with Crippen molar-refractivity contribution >= 4 is 24.2 Å². The van der Waals surface area contributed by atoms with Crippen molar-refractivity contribution in [2.24, 2.45) is 4.99 Å². The number of phenols is 1. The van der Waals surface area contributed by atoms with E-state index in [1.54, 1.807) is 60.8 Å². The van der Waals surface area contributed by atoms with E-state index < -0.39 is 5.97 Å². The van der Waals surface area contributed by atoms with E-state index in [-0.39, 0.29) is 11.3 Å². The topological polar surface area (TPSA) is 76.0 Å². The summed E-state index contributed by atoms with van der Waals surface area (Å²) in [6, 6.07) is 20.0. The monoisotopic (exact) mass is 375 g/mol. The molecule has 0 aliphatic carbocycles. The van der Waals surface area contributed by atoms with Gasteiger partial charge in [0.1, 0.15) is 23.3 Å². The Hall–Kier alpha value is -3.73. The van der Waals surface area contributed by atoms with Crippen LogP contribution in [-0.2, 0) is 0 Å². The van der Waals surface area contributed by atoms with Gasteiger partial charge in [0.05, 0.1) is 5.69 Å². The van der Waals surface area contributed by atoms with E-state index >= 15 is 0 Å². The van der Waals surface area contributed by atoms with Gasteiger partial charge in [-0.1, -0.05) is 56.3 Å². The van der Waals surface area contributed by atoms with Crippen molar-refractivity contribution in [3.63, 3.8) is 0 Å². The molecule has 3 rings (SSSR count). The second-order valence-electron chi connectivity index (χ2n) is 5.45. The Bertz CT molecular complexity index is 948. The highest BCUT2D eigenvalue weighted by molar-refractivity contribution is 5.94. The molecule has 0 aromatic heterocycles. The van der Waals surface area contributed by atoms with Crippen LogP contribution in [0.1, 0.15) is 40.1 Å². The number of aliphatic imine (C=N–C) groups is 1.